The molecule has 10 heteroatoms. The number of likely N-dealkylation sites (tertiary alicyclic amines) is 4. The summed E-state index contributed by atoms with van der Waals surface area (Å²) in [6.45, 7) is 45.5. The van der Waals surface area contributed by atoms with Gasteiger partial charge in [-0.1, -0.05) is 13.2 Å². The Bertz CT molecular complexity index is 1300. The Morgan fingerprint density at radius 3 is 1.68 bits per heavy atom. The molecule has 57 heavy (non-hydrogen) atoms. The Morgan fingerprint density at radius 2 is 1.23 bits per heavy atom. The van der Waals surface area contributed by atoms with Crippen LogP contribution in [0.1, 0.15) is 161 Å². The van der Waals surface area contributed by atoms with Gasteiger partial charge >= 0.3 is 0 Å². The van der Waals surface area contributed by atoms with Gasteiger partial charge in [0, 0.05) is 111 Å². The third-order valence-electron chi connectivity index (χ3n) is 13.6. The highest BCUT2D eigenvalue weighted by Gasteiger charge is 2.52. The zero-order chi connectivity index (χ0) is 43.0. The predicted molar refractivity (Wildman–Crippen MR) is 241 cm³/mol. The fourth-order valence-electron chi connectivity index (χ4n) is 9.77. The van der Waals surface area contributed by atoms with E-state index in [1.165, 1.54) is 96.2 Å². The first-order chi connectivity index (χ1) is 26.2. The molecule has 0 aromatic heterocycles. The Balaban J connectivity index is 0.000000204. The minimum Gasteiger partial charge on any atom is -0.402 e. The van der Waals surface area contributed by atoms with E-state index in [0.717, 1.165) is 38.2 Å². The number of hydrogen-bond acceptors (Lipinski definition) is 8. The zero-order valence-electron chi connectivity index (χ0n) is 39.3. The molecule has 2 amide bonds. The van der Waals surface area contributed by atoms with Crippen molar-refractivity contribution in [2.75, 3.05) is 52.4 Å². The van der Waals surface area contributed by atoms with Crippen LogP contribution in [0.15, 0.2) is 24.6 Å². The highest BCUT2D eigenvalue weighted by Crippen LogP contribution is 2.48. The number of nitrogens with one attached hydrogen (secondary N) is 3. The molecule has 2 atom stereocenters. The van der Waals surface area contributed by atoms with Gasteiger partial charge in [-0.25, -0.2) is 0 Å². The number of nitrogens with zero attached hydrogens (tertiary/aromatic N) is 4. The number of carbonyl (C=O) groups is 2. The summed E-state index contributed by atoms with van der Waals surface area (Å²) in [4.78, 5) is 31.9. The van der Waals surface area contributed by atoms with E-state index in [-0.39, 0.29) is 22.9 Å². The second kappa shape index (κ2) is 20.4. The van der Waals surface area contributed by atoms with Crippen LogP contribution in [0, 0.1) is 11.3 Å². The maximum absolute atomic E-state index is 11.0. The highest BCUT2D eigenvalue weighted by atomic mass is 16.2. The number of carbonyl (C=O) groups excluding carboxylic acids is 2. The molecule has 5 heterocycles. The number of hydrogen-bond donors (Lipinski definition) is 4. The third-order valence-corrected chi connectivity index (χ3v) is 13.6. The number of rotatable bonds is 4. The number of nitrogens with two attached hydrogens (primary N) is 1. The molecule has 6 rings (SSSR count). The summed E-state index contributed by atoms with van der Waals surface area (Å²) in [5.41, 5.74) is 9.68. The molecule has 0 bridgehead atoms. The first-order valence-corrected chi connectivity index (χ1v) is 22.7. The van der Waals surface area contributed by atoms with Crippen LogP contribution in [0.3, 0.4) is 0 Å². The molecule has 1 saturated carbocycles. The van der Waals surface area contributed by atoms with Crippen molar-refractivity contribution >= 4 is 11.8 Å². The fraction of sp³-hybridized carbons (Fsp3) is 0.872. The minimum atomic E-state index is 0.101. The fourth-order valence-corrected chi connectivity index (χ4v) is 9.77. The van der Waals surface area contributed by atoms with Crippen LogP contribution in [0.4, 0.5) is 0 Å². The molecule has 0 aromatic carbocycles. The maximum atomic E-state index is 11.0. The molecule has 6 fully saturated rings. The highest BCUT2D eigenvalue weighted by molar-refractivity contribution is 5.73. The van der Waals surface area contributed by atoms with Crippen LogP contribution in [-0.2, 0) is 9.59 Å². The molecule has 6 aliphatic rings. The minimum absolute atomic E-state index is 0.101. The van der Waals surface area contributed by atoms with Gasteiger partial charge < -0.3 is 21.7 Å². The van der Waals surface area contributed by atoms with Gasteiger partial charge in [-0.2, -0.15) is 0 Å². The van der Waals surface area contributed by atoms with Crippen LogP contribution in [0.25, 0.3) is 0 Å². The van der Waals surface area contributed by atoms with Crippen molar-refractivity contribution in [2.24, 2.45) is 17.1 Å². The lowest BCUT2D eigenvalue weighted by atomic mass is 9.60. The van der Waals surface area contributed by atoms with E-state index in [0.29, 0.717) is 40.5 Å². The van der Waals surface area contributed by atoms with E-state index < -0.39 is 0 Å². The summed E-state index contributed by atoms with van der Waals surface area (Å²) in [6.07, 6.45) is 13.3. The molecular weight excluding hydrogens is 709 g/mol. The maximum Gasteiger partial charge on any atom is 0.217 e. The van der Waals surface area contributed by atoms with E-state index in [9.17, 15) is 9.59 Å². The van der Waals surface area contributed by atoms with E-state index in [1.54, 1.807) is 13.8 Å². The van der Waals surface area contributed by atoms with E-state index in [1.807, 2.05) is 0 Å². The summed E-state index contributed by atoms with van der Waals surface area (Å²) in [5.74, 6) is 0.724. The first-order valence-electron chi connectivity index (χ1n) is 22.7. The van der Waals surface area contributed by atoms with E-state index >= 15 is 0 Å². The number of amides is 2. The Morgan fingerprint density at radius 1 is 0.737 bits per heavy atom. The standard InChI is InChI=1S/C13H24N2.C12H24N2O.C11H20N2O.C11H22N2/c1-11-5-6-13(14-11)7-9-15(10-8-13)12(2,3)4;1-10(15)13-11-6-5-8-14(9-7-11)12(2,3)4;1-8(2)13-6-11(7-13)4-10(5-11)12-9(3)14;1-9(12)10-6-5-7-13(8-10)11(2,3)4/h14H,1,5-10H2,2-4H3;11H,5-9H2,1-4H3,(H,13,15);8,10H,4-7H2,1-3H3,(H,12,14);10H,1,5-8,12H2,2-4H3. The lowest BCUT2D eigenvalue weighted by Crippen LogP contribution is -2.67. The van der Waals surface area contributed by atoms with Gasteiger partial charge in [0.1, 0.15) is 0 Å². The summed E-state index contributed by atoms with van der Waals surface area (Å²) >= 11 is 0. The van der Waals surface area contributed by atoms with E-state index in [2.05, 4.69) is 125 Å². The van der Waals surface area contributed by atoms with Gasteiger partial charge in [0.15, 0.2) is 0 Å². The van der Waals surface area contributed by atoms with Gasteiger partial charge in [0.05, 0.1) is 0 Å². The van der Waals surface area contributed by atoms with Crippen LogP contribution >= 0.6 is 0 Å². The zero-order valence-corrected chi connectivity index (χ0v) is 39.3. The van der Waals surface area contributed by atoms with Crippen molar-refractivity contribution in [1.29, 1.82) is 0 Å². The molecule has 5 N–H and O–H groups in total. The number of allylic oxidation sites excluding steroid dienone is 1. The normalized spacial score (nSPS) is 25.9. The van der Waals surface area contributed by atoms with Crippen molar-refractivity contribution < 1.29 is 9.59 Å². The van der Waals surface area contributed by atoms with Crippen LogP contribution in [0.2, 0.25) is 0 Å². The largest absolute Gasteiger partial charge is 0.402 e. The Hall–Kier alpha value is -2.14. The molecule has 2 unspecified atom stereocenters. The van der Waals surface area contributed by atoms with Gasteiger partial charge in [-0.05, 0) is 165 Å². The summed E-state index contributed by atoms with van der Waals surface area (Å²) < 4.78 is 0. The molecule has 5 aliphatic heterocycles. The second-order valence-electron chi connectivity index (χ2n) is 22.0. The lowest BCUT2D eigenvalue weighted by Gasteiger charge is -2.60. The van der Waals surface area contributed by atoms with Crippen molar-refractivity contribution in [1.82, 2.24) is 35.6 Å². The molecule has 330 valence electrons. The van der Waals surface area contributed by atoms with Crippen molar-refractivity contribution in [2.45, 2.75) is 201 Å². The summed E-state index contributed by atoms with van der Waals surface area (Å²) in [7, 11) is 0. The topological polar surface area (TPSA) is 109 Å². The first kappa shape index (κ1) is 49.2. The van der Waals surface area contributed by atoms with Crippen LogP contribution in [0.5, 0.6) is 0 Å². The SMILES string of the molecule is C=C(N)C1CCCN(C(C)(C)C)C1.C=C1CCC2(CCN(C(C)(C)C)CC2)N1.CC(=O)NC1CC2(C1)CN(C(C)C)C2.CC(=O)NC1CCCN(C(C)(C)C)CC1. The van der Waals surface area contributed by atoms with Crippen molar-refractivity contribution in [3.05, 3.63) is 24.6 Å². The van der Waals surface area contributed by atoms with Gasteiger partial charge in [0.2, 0.25) is 11.8 Å². The molecule has 5 saturated heterocycles. The quantitative estimate of drug-likeness (QED) is 0.236. The Labute approximate surface area is 350 Å². The smallest absolute Gasteiger partial charge is 0.217 e. The second-order valence-corrected chi connectivity index (χ2v) is 22.0. The molecule has 1 aliphatic carbocycles. The third kappa shape index (κ3) is 15.8. The lowest BCUT2D eigenvalue weighted by molar-refractivity contribution is -0.126. The van der Waals surface area contributed by atoms with Crippen LogP contribution < -0.4 is 21.7 Å². The average Bonchev–Trinajstić information content (AvgIpc) is 3.24. The average molecular weight is 799 g/mol. The molecule has 2 spiro atoms. The van der Waals surface area contributed by atoms with Gasteiger partial charge in [-0.15, -0.1) is 0 Å². The predicted octanol–water partition coefficient (Wildman–Crippen LogP) is 7.26. The molecular formula is C47H90N8O2. The number of piperidine rings is 2. The monoisotopic (exact) mass is 799 g/mol. The Kier molecular flexibility index (Phi) is 17.6. The molecule has 0 aromatic rings. The van der Waals surface area contributed by atoms with Gasteiger partial charge in [-0.3, -0.25) is 29.2 Å². The summed E-state index contributed by atoms with van der Waals surface area (Å²) in [6, 6.07) is 1.53. The van der Waals surface area contributed by atoms with Crippen LogP contribution in [-0.4, -0.2) is 124 Å². The van der Waals surface area contributed by atoms with Crippen molar-refractivity contribution in [3.63, 3.8) is 0 Å². The van der Waals surface area contributed by atoms with E-state index in [4.69, 9.17) is 5.73 Å². The summed E-state index contributed by atoms with van der Waals surface area (Å²) in [5, 5.41) is 9.64. The molecule has 10 nitrogen and oxygen atoms in total. The molecule has 0 radical (unpaired) electrons. The van der Waals surface area contributed by atoms with Crippen molar-refractivity contribution in [3.8, 4) is 0 Å². The van der Waals surface area contributed by atoms with Gasteiger partial charge in [0.25, 0.3) is 0 Å².